The van der Waals surface area contributed by atoms with Crippen molar-refractivity contribution >= 4 is 11.7 Å². The fourth-order valence-corrected chi connectivity index (χ4v) is 3.39. The van der Waals surface area contributed by atoms with E-state index in [1.54, 1.807) is 12.4 Å². The highest BCUT2D eigenvalue weighted by atomic mass is 16.2. The molecule has 0 saturated carbocycles. The summed E-state index contributed by atoms with van der Waals surface area (Å²) >= 11 is 0. The number of carbonyl (C=O) groups is 1. The van der Waals surface area contributed by atoms with Crippen molar-refractivity contribution in [2.75, 3.05) is 11.9 Å². The number of hydrogen-bond acceptors (Lipinski definition) is 4. The van der Waals surface area contributed by atoms with Crippen LogP contribution in [0.4, 0.5) is 5.82 Å². The molecule has 1 N–H and O–H groups in total. The van der Waals surface area contributed by atoms with Crippen LogP contribution in [0.2, 0.25) is 0 Å². The van der Waals surface area contributed by atoms with Gasteiger partial charge in [0.1, 0.15) is 5.82 Å². The molecule has 7 heteroatoms. The van der Waals surface area contributed by atoms with Gasteiger partial charge in [-0.05, 0) is 46.2 Å². The lowest BCUT2D eigenvalue weighted by atomic mass is 10.2. The maximum Gasteiger partial charge on any atom is 0.242 e. The Hall–Kier alpha value is -2.15. The first-order valence-electron chi connectivity index (χ1n) is 8.64. The Balaban J connectivity index is 1.65. The molecule has 0 aromatic carbocycles. The van der Waals surface area contributed by atoms with Crippen molar-refractivity contribution in [2.45, 2.75) is 58.3 Å². The highest BCUT2D eigenvalue weighted by Gasteiger charge is 2.32. The second-order valence-electron chi connectivity index (χ2n) is 6.68. The number of amides is 1. The Morgan fingerprint density at radius 3 is 2.88 bits per heavy atom. The quantitative estimate of drug-likeness (QED) is 0.881. The molecule has 0 radical (unpaired) electrons. The summed E-state index contributed by atoms with van der Waals surface area (Å²) in [5.74, 6) is 0.773. The lowest BCUT2D eigenvalue weighted by Gasteiger charge is -2.29. The highest BCUT2D eigenvalue weighted by Crippen LogP contribution is 2.22. The van der Waals surface area contributed by atoms with Crippen molar-refractivity contribution in [1.82, 2.24) is 24.5 Å². The van der Waals surface area contributed by atoms with E-state index in [1.165, 1.54) is 0 Å². The Kier molecular flexibility index (Phi) is 4.99. The molecule has 24 heavy (non-hydrogen) atoms. The van der Waals surface area contributed by atoms with E-state index in [2.05, 4.69) is 20.4 Å². The number of hydrogen-bond donors (Lipinski definition) is 1. The molecule has 1 aliphatic rings. The molecule has 2 aromatic rings. The Labute approximate surface area is 142 Å². The van der Waals surface area contributed by atoms with Gasteiger partial charge in [-0.1, -0.05) is 0 Å². The van der Waals surface area contributed by atoms with Crippen molar-refractivity contribution in [3.8, 4) is 0 Å². The van der Waals surface area contributed by atoms with E-state index in [1.807, 2.05) is 48.5 Å². The third kappa shape index (κ3) is 3.51. The zero-order valence-electron chi connectivity index (χ0n) is 14.6. The molecule has 2 aromatic heterocycles. The Morgan fingerprint density at radius 1 is 1.33 bits per heavy atom. The van der Waals surface area contributed by atoms with Crippen LogP contribution in [-0.4, -0.2) is 49.0 Å². The van der Waals surface area contributed by atoms with Gasteiger partial charge in [-0.15, -0.1) is 0 Å². The first-order chi connectivity index (χ1) is 11.6. The molecule has 0 spiro atoms. The lowest BCUT2D eigenvalue weighted by Crippen LogP contribution is -2.46. The van der Waals surface area contributed by atoms with Crippen molar-refractivity contribution < 1.29 is 4.79 Å². The molecule has 0 aliphatic carbocycles. The monoisotopic (exact) mass is 330 g/mol. The molecule has 1 fully saturated rings. The number of nitrogens with zero attached hydrogens (tertiary/aromatic N) is 5. The van der Waals surface area contributed by atoms with Crippen LogP contribution in [0.5, 0.6) is 0 Å². The van der Waals surface area contributed by atoms with E-state index >= 15 is 0 Å². The summed E-state index contributed by atoms with van der Waals surface area (Å²) in [5, 5.41) is 11.6. The largest absolute Gasteiger partial charge is 0.310 e. The van der Waals surface area contributed by atoms with Gasteiger partial charge in [0.2, 0.25) is 5.91 Å². The van der Waals surface area contributed by atoms with Gasteiger partial charge >= 0.3 is 0 Å². The summed E-state index contributed by atoms with van der Waals surface area (Å²) in [7, 11) is 0. The Bertz CT molecular complexity index is 662. The van der Waals surface area contributed by atoms with E-state index in [-0.39, 0.29) is 18.0 Å². The van der Waals surface area contributed by atoms with E-state index in [0.29, 0.717) is 6.04 Å². The smallest absolute Gasteiger partial charge is 0.242 e. The summed E-state index contributed by atoms with van der Waals surface area (Å²) in [4.78, 5) is 15.0. The van der Waals surface area contributed by atoms with E-state index in [9.17, 15) is 4.79 Å². The molecule has 3 rings (SSSR count). The molecule has 0 unspecified atom stereocenters. The maximum atomic E-state index is 12.7. The van der Waals surface area contributed by atoms with Gasteiger partial charge in [-0.3, -0.25) is 14.4 Å². The molecule has 7 nitrogen and oxygen atoms in total. The molecular formula is C17H26N6O. The fourth-order valence-electron chi connectivity index (χ4n) is 3.39. The Morgan fingerprint density at radius 2 is 2.17 bits per heavy atom. The zero-order valence-corrected chi connectivity index (χ0v) is 14.6. The topological polar surface area (TPSA) is 68.0 Å². The van der Waals surface area contributed by atoms with Crippen molar-refractivity contribution in [2.24, 2.45) is 0 Å². The number of aromatic nitrogens is 4. The summed E-state index contributed by atoms with van der Waals surface area (Å²) < 4.78 is 3.78. The van der Waals surface area contributed by atoms with Gasteiger partial charge in [-0.2, -0.15) is 10.2 Å². The number of carbonyl (C=O) groups excluding carboxylic acids is 1. The van der Waals surface area contributed by atoms with Crippen LogP contribution in [0.3, 0.4) is 0 Å². The van der Waals surface area contributed by atoms with Crippen molar-refractivity contribution in [3.63, 3.8) is 0 Å². The predicted molar refractivity (Wildman–Crippen MR) is 92.7 cm³/mol. The molecule has 3 heterocycles. The van der Waals surface area contributed by atoms with Gasteiger partial charge < -0.3 is 5.32 Å². The predicted octanol–water partition coefficient (Wildman–Crippen LogP) is 2.15. The minimum atomic E-state index is -0.177. The first-order valence-corrected chi connectivity index (χ1v) is 8.64. The maximum absolute atomic E-state index is 12.7. The number of anilines is 1. The zero-order chi connectivity index (χ0) is 17.1. The lowest BCUT2D eigenvalue weighted by molar-refractivity contribution is -0.121. The minimum absolute atomic E-state index is 0.0183. The van der Waals surface area contributed by atoms with Crippen molar-refractivity contribution in [3.05, 3.63) is 30.7 Å². The summed E-state index contributed by atoms with van der Waals surface area (Å²) in [6, 6.07) is 4.16. The van der Waals surface area contributed by atoms with Gasteiger partial charge in [0.05, 0.1) is 18.8 Å². The van der Waals surface area contributed by atoms with Gasteiger partial charge in [-0.25, -0.2) is 4.68 Å². The minimum Gasteiger partial charge on any atom is -0.310 e. The van der Waals surface area contributed by atoms with Crippen LogP contribution < -0.4 is 5.32 Å². The molecule has 130 valence electrons. The fraction of sp³-hybridized carbons (Fsp3) is 0.588. The third-order valence-corrected chi connectivity index (χ3v) is 4.67. The van der Waals surface area contributed by atoms with Crippen LogP contribution in [-0.2, 0) is 11.3 Å². The summed E-state index contributed by atoms with van der Waals surface area (Å²) in [6.45, 7) is 7.85. The van der Waals surface area contributed by atoms with Gasteiger partial charge in [0.15, 0.2) is 0 Å². The average Bonchev–Trinajstić information content (AvgIpc) is 3.28. The van der Waals surface area contributed by atoms with E-state index in [4.69, 9.17) is 0 Å². The van der Waals surface area contributed by atoms with E-state index in [0.717, 1.165) is 31.7 Å². The molecular weight excluding hydrogens is 304 g/mol. The average molecular weight is 330 g/mol. The normalized spacial score (nSPS) is 19.8. The van der Waals surface area contributed by atoms with Crippen LogP contribution in [0, 0.1) is 0 Å². The van der Waals surface area contributed by atoms with Crippen LogP contribution in [0.1, 0.15) is 39.7 Å². The summed E-state index contributed by atoms with van der Waals surface area (Å²) in [5.41, 5.74) is 0. The number of nitrogens with one attached hydrogen (secondary N) is 1. The molecule has 1 amide bonds. The van der Waals surface area contributed by atoms with Crippen LogP contribution >= 0.6 is 0 Å². The molecule has 1 aliphatic heterocycles. The first kappa shape index (κ1) is 16.7. The summed E-state index contributed by atoms with van der Waals surface area (Å²) in [6.07, 6.45) is 7.70. The third-order valence-electron chi connectivity index (χ3n) is 4.67. The van der Waals surface area contributed by atoms with Gasteiger partial charge in [0, 0.05) is 30.5 Å². The van der Waals surface area contributed by atoms with Crippen LogP contribution in [0.25, 0.3) is 0 Å². The van der Waals surface area contributed by atoms with E-state index < -0.39 is 0 Å². The number of likely N-dealkylation sites (tertiary alicyclic amines) is 1. The number of rotatable bonds is 6. The van der Waals surface area contributed by atoms with Crippen LogP contribution in [0.15, 0.2) is 30.7 Å². The molecule has 1 saturated heterocycles. The molecule has 2 atom stereocenters. The SMILES string of the molecule is CC(C)n1nccc1NC(=O)[C@H](C)N1CCC[C@@H]1Cn1cccn1. The van der Waals surface area contributed by atoms with Crippen molar-refractivity contribution in [1.29, 1.82) is 0 Å². The van der Waals surface area contributed by atoms with Gasteiger partial charge in [0.25, 0.3) is 0 Å². The highest BCUT2D eigenvalue weighted by molar-refractivity contribution is 5.93. The second-order valence-corrected chi connectivity index (χ2v) is 6.68. The molecule has 0 bridgehead atoms. The standard InChI is InChI=1S/C17H26N6O/c1-13(2)23-16(7-9-19-23)20-17(24)14(3)22-11-4-6-15(22)12-21-10-5-8-18-21/h5,7-10,13-15H,4,6,11-12H2,1-3H3,(H,20,24)/t14-,15+/m0/s1. The second kappa shape index (κ2) is 7.17.